The van der Waals surface area contributed by atoms with E-state index in [1.165, 1.54) is 19.3 Å². The van der Waals surface area contributed by atoms with Gasteiger partial charge in [0, 0.05) is 29.1 Å². The number of fused-ring (bicyclic) bond motifs is 1. The van der Waals surface area contributed by atoms with Crippen molar-refractivity contribution in [1.29, 1.82) is 0 Å². The summed E-state index contributed by atoms with van der Waals surface area (Å²) >= 11 is 0. The van der Waals surface area contributed by atoms with Crippen LogP contribution in [-0.2, 0) is 6.54 Å². The topological polar surface area (TPSA) is 36.1 Å². The molecule has 0 bridgehead atoms. The average Bonchev–Trinajstić information content (AvgIpc) is 2.71. The van der Waals surface area contributed by atoms with Crippen molar-refractivity contribution in [1.82, 2.24) is 9.88 Å². The second-order valence-electron chi connectivity index (χ2n) is 7.75. The Kier molecular flexibility index (Phi) is 5.13. The zero-order chi connectivity index (χ0) is 18.8. The highest BCUT2D eigenvalue weighted by Crippen LogP contribution is 2.27. The number of aromatic nitrogens is 1. The number of nitrogens with one attached hydrogen (secondary N) is 1. The minimum Gasteiger partial charge on any atom is -0.354 e. The first-order valence-corrected chi connectivity index (χ1v) is 10.1. The highest BCUT2D eigenvalue weighted by molar-refractivity contribution is 5.83. The van der Waals surface area contributed by atoms with Gasteiger partial charge in [-0.15, -0.1) is 0 Å². The smallest absolute Gasteiger partial charge is 0.194 e. The van der Waals surface area contributed by atoms with Crippen molar-refractivity contribution in [2.45, 2.75) is 52.1 Å². The fraction of sp³-hybridized carbons (Fsp3) is 0.375. The first-order chi connectivity index (χ1) is 13.2. The summed E-state index contributed by atoms with van der Waals surface area (Å²) < 4.78 is 0. The number of piperidine rings is 1. The largest absolute Gasteiger partial charge is 0.354 e. The number of likely N-dealkylation sites (tertiary alicyclic amines) is 1. The Balaban J connectivity index is 1.88. The first-order valence-electron chi connectivity index (χ1n) is 10.1. The Hall–Kier alpha value is -2.39. The van der Waals surface area contributed by atoms with E-state index in [4.69, 9.17) is 0 Å². The lowest BCUT2D eigenvalue weighted by Crippen LogP contribution is -2.39. The fourth-order valence-electron chi connectivity index (χ4n) is 4.38. The second-order valence-corrected chi connectivity index (χ2v) is 7.75. The standard InChI is InChI=1S/C24H28N2O/c1-3-19-11-7-8-14-26(19)16-21-23(18-9-5-4-6-10-18)25-22-13-12-17(2)15-20(22)24(21)27/h4-6,9-10,12-13,15,19H,3,7-8,11,14,16H2,1-2H3,(H,25,27). The number of nitrogens with zero attached hydrogens (tertiary/aromatic N) is 1. The van der Waals surface area contributed by atoms with Crippen LogP contribution >= 0.6 is 0 Å². The Morgan fingerprint density at radius 2 is 1.93 bits per heavy atom. The van der Waals surface area contributed by atoms with Crippen LogP contribution in [-0.4, -0.2) is 22.5 Å². The Labute approximate surface area is 161 Å². The van der Waals surface area contributed by atoms with Crippen molar-refractivity contribution in [3.63, 3.8) is 0 Å². The SMILES string of the molecule is CCC1CCCCN1Cc1c(-c2ccccc2)[nH]c2ccc(C)cc2c1=O. The predicted octanol–water partition coefficient (Wildman–Crippen LogP) is 5.27. The van der Waals surface area contributed by atoms with Gasteiger partial charge in [-0.3, -0.25) is 9.69 Å². The van der Waals surface area contributed by atoms with Gasteiger partial charge in [0.25, 0.3) is 0 Å². The summed E-state index contributed by atoms with van der Waals surface area (Å²) in [5.74, 6) is 0. The van der Waals surface area contributed by atoms with Gasteiger partial charge in [0.1, 0.15) is 0 Å². The summed E-state index contributed by atoms with van der Waals surface area (Å²) in [7, 11) is 0. The van der Waals surface area contributed by atoms with E-state index in [1.54, 1.807) is 0 Å². The number of aromatic amines is 1. The molecule has 0 radical (unpaired) electrons. The Bertz CT molecular complexity index is 990. The van der Waals surface area contributed by atoms with Crippen molar-refractivity contribution < 1.29 is 0 Å². The third-order valence-electron chi connectivity index (χ3n) is 5.90. The summed E-state index contributed by atoms with van der Waals surface area (Å²) in [5.41, 5.74) is 5.16. The minimum absolute atomic E-state index is 0.173. The first kappa shape index (κ1) is 18.0. The zero-order valence-electron chi connectivity index (χ0n) is 16.3. The van der Waals surface area contributed by atoms with Crippen LogP contribution < -0.4 is 5.43 Å². The van der Waals surface area contributed by atoms with Crippen LogP contribution in [0.1, 0.15) is 43.7 Å². The van der Waals surface area contributed by atoms with Gasteiger partial charge in [0.15, 0.2) is 5.43 Å². The van der Waals surface area contributed by atoms with Gasteiger partial charge < -0.3 is 4.98 Å². The molecule has 4 rings (SSSR count). The maximum Gasteiger partial charge on any atom is 0.194 e. The molecule has 0 aliphatic carbocycles. The van der Waals surface area contributed by atoms with E-state index in [9.17, 15) is 4.79 Å². The molecule has 27 heavy (non-hydrogen) atoms. The minimum atomic E-state index is 0.173. The summed E-state index contributed by atoms with van der Waals surface area (Å²) in [6.45, 7) is 6.11. The van der Waals surface area contributed by atoms with E-state index in [0.29, 0.717) is 6.04 Å². The lowest BCUT2D eigenvalue weighted by Gasteiger charge is -2.35. The van der Waals surface area contributed by atoms with E-state index < -0.39 is 0 Å². The molecular formula is C24H28N2O. The molecule has 1 aromatic heterocycles. The number of hydrogen-bond acceptors (Lipinski definition) is 2. The molecule has 3 nitrogen and oxygen atoms in total. The monoisotopic (exact) mass is 360 g/mol. The van der Waals surface area contributed by atoms with Crippen LogP contribution in [0.4, 0.5) is 0 Å². The molecule has 3 aromatic rings. The van der Waals surface area contributed by atoms with Crippen LogP contribution in [0.5, 0.6) is 0 Å². The third kappa shape index (κ3) is 3.57. The molecule has 1 fully saturated rings. The van der Waals surface area contributed by atoms with Crippen molar-refractivity contribution in [2.24, 2.45) is 0 Å². The molecule has 2 aromatic carbocycles. The number of rotatable bonds is 4. The Morgan fingerprint density at radius 1 is 1.11 bits per heavy atom. The van der Waals surface area contributed by atoms with Crippen LogP contribution in [0.25, 0.3) is 22.2 Å². The molecular weight excluding hydrogens is 332 g/mol. The van der Waals surface area contributed by atoms with E-state index in [-0.39, 0.29) is 5.43 Å². The lowest BCUT2D eigenvalue weighted by molar-refractivity contribution is 0.136. The van der Waals surface area contributed by atoms with E-state index in [0.717, 1.165) is 52.8 Å². The summed E-state index contributed by atoms with van der Waals surface area (Å²) in [5, 5.41) is 0.801. The second kappa shape index (κ2) is 7.69. The summed E-state index contributed by atoms with van der Waals surface area (Å²) in [4.78, 5) is 19.6. The van der Waals surface area contributed by atoms with Gasteiger partial charge in [0.2, 0.25) is 0 Å². The van der Waals surface area contributed by atoms with Crippen LogP contribution in [0.15, 0.2) is 53.3 Å². The quantitative estimate of drug-likeness (QED) is 0.688. The molecule has 0 saturated carbocycles. The number of aryl methyl sites for hydroxylation is 1. The predicted molar refractivity (Wildman–Crippen MR) is 113 cm³/mol. The van der Waals surface area contributed by atoms with E-state index in [2.05, 4.69) is 35.0 Å². The van der Waals surface area contributed by atoms with Gasteiger partial charge in [-0.2, -0.15) is 0 Å². The maximum absolute atomic E-state index is 13.5. The van der Waals surface area contributed by atoms with Crippen molar-refractivity contribution in [3.05, 3.63) is 69.9 Å². The van der Waals surface area contributed by atoms with E-state index >= 15 is 0 Å². The molecule has 0 spiro atoms. The normalized spacial score (nSPS) is 18.1. The number of H-pyrrole nitrogens is 1. The molecule has 3 heteroatoms. The van der Waals surface area contributed by atoms with Crippen LogP contribution in [0.2, 0.25) is 0 Å². The molecule has 0 amide bonds. The number of hydrogen-bond donors (Lipinski definition) is 1. The van der Waals surface area contributed by atoms with Gasteiger partial charge in [-0.25, -0.2) is 0 Å². The summed E-state index contributed by atoms with van der Waals surface area (Å²) in [6, 6.07) is 16.9. The zero-order valence-corrected chi connectivity index (χ0v) is 16.3. The van der Waals surface area contributed by atoms with Crippen LogP contribution in [0, 0.1) is 6.92 Å². The molecule has 1 atom stereocenters. The number of pyridine rings is 1. The lowest BCUT2D eigenvalue weighted by atomic mass is 9.97. The number of benzene rings is 2. The summed E-state index contributed by atoms with van der Waals surface area (Å²) in [6.07, 6.45) is 4.91. The Morgan fingerprint density at radius 3 is 2.70 bits per heavy atom. The van der Waals surface area contributed by atoms with Gasteiger partial charge >= 0.3 is 0 Å². The average molecular weight is 361 g/mol. The molecule has 1 N–H and O–H groups in total. The van der Waals surface area contributed by atoms with Crippen LogP contribution in [0.3, 0.4) is 0 Å². The molecule has 2 heterocycles. The highest BCUT2D eigenvalue weighted by atomic mass is 16.1. The molecule has 1 saturated heterocycles. The molecule has 1 aliphatic heterocycles. The van der Waals surface area contributed by atoms with E-state index in [1.807, 2.05) is 37.3 Å². The fourth-order valence-corrected chi connectivity index (χ4v) is 4.38. The molecule has 140 valence electrons. The van der Waals surface area contributed by atoms with Crippen molar-refractivity contribution >= 4 is 10.9 Å². The van der Waals surface area contributed by atoms with Gasteiger partial charge in [-0.1, -0.05) is 55.3 Å². The third-order valence-corrected chi connectivity index (χ3v) is 5.90. The maximum atomic E-state index is 13.5. The van der Waals surface area contributed by atoms with Crippen molar-refractivity contribution in [3.8, 4) is 11.3 Å². The van der Waals surface area contributed by atoms with Gasteiger partial charge in [-0.05, 0) is 50.4 Å². The van der Waals surface area contributed by atoms with Crippen molar-refractivity contribution in [2.75, 3.05) is 6.54 Å². The molecule has 1 unspecified atom stereocenters. The van der Waals surface area contributed by atoms with Gasteiger partial charge in [0.05, 0.1) is 5.69 Å². The molecule has 1 aliphatic rings. The highest BCUT2D eigenvalue weighted by Gasteiger charge is 2.24.